The van der Waals surface area contributed by atoms with E-state index in [9.17, 15) is 0 Å². The Morgan fingerprint density at radius 3 is 2.48 bits per heavy atom. The van der Waals surface area contributed by atoms with Crippen LogP contribution in [0.2, 0.25) is 0 Å². The maximum absolute atomic E-state index is 5.92. The highest BCUT2D eigenvalue weighted by Crippen LogP contribution is 2.15. The average molecular weight is 426 g/mol. The van der Waals surface area contributed by atoms with Crippen LogP contribution in [-0.4, -0.2) is 27.2 Å². The van der Waals surface area contributed by atoms with Gasteiger partial charge in [0, 0.05) is 25.5 Å². The molecule has 0 unspecified atom stereocenters. The number of methoxy groups -OCH3 is 1. The number of aliphatic imine (C=N–C) groups is 1. The van der Waals surface area contributed by atoms with Gasteiger partial charge in [0.1, 0.15) is 5.75 Å². The molecule has 2 aromatic rings. The number of nitrogens with zero attached hydrogens (tertiary/aromatic N) is 2. The summed E-state index contributed by atoms with van der Waals surface area (Å²) in [5, 5.41) is 3.06. The molecule has 5 nitrogen and oxygen atoms in total. The van der Waals surface area contributed by atoms with Crippen LogP contribution in [-0.2, 0) is 6.54 Å². The molecule has 0 radical (unpaired) electrons. The molecule has 0 fully saturated rings. The fourth-order valence-electron chi connectivity index (χ4n) is 1.97. The minimum atomic E-state index is 0. The summed E-state index contributed by atoms with van der Waals surface area (Å²) in [5.74, 6) is 1.20. The molecular formula is C17H23IN4O. The molecule has 0 atom stereocenters. The number of halogens is 1. The SMILES string of the molecule is COc1ccc(NC(N)=NCc2cccc(N(C)C)c2)cc1.I. The van der Waals surface area contributed by atoms with E-state index in [1.54, 1.807) is 7.11 Å². The number of guanidine groups is 1. The fourth-order valence-corrected chi connectivity index (χ4v) is 1.97. The average Bonchev–Trinajstić information content (AvgIpc) is 2.54. The molecule has 0 aliphatic carbocycles. The van der Waals surface area contributed by atoms with Gasteiger partial charge in [0.15, 0.2) is 5.96 Å². The van der Waals surface area contributed by atoms with Crippen molar-refractivity contribution in [2.45, 2.75) is 6.54 Å². The fraction of sp³-hybridized carbons (Fsp3) is 0.235. The summed E-state index contributed by atoms with van der Waals surface area (Å²) in [4.78, 5) is 6.43. The normalized spacial score (nSPS) is 10.7. The molecule has 0 saturated carbocycles. The van der Waals surface area contributed by atoms with Crippen LogP contribution in [0.3, 0.4) is 0 Å². The highest BCUT2D eigenvalue weighted by atomic mass is 127. The molecule has 6 heteroatoms. The largest absolute Gasteiger partial charge is 0.497 e. The molecular weight excluding hydrogens is 403 g/mol. The lowest BCUT2D eigenvalue weighted by atomic mass is 10.2. The van der Waals surface area contributed by atoms with E-state index in [1.807, 2.05) is 50.5 Å². The van der Waals surface area contributed by atoms with E-state index >= 15 is 0 Å². The van der Waals surface area contributed by atoms with Crippen molar-refractivity contribution in [3.63, 3.8) is 0 Å². The van der Waals surface area contributed by atoms with Crippen LogP contribution in [0.1, 0.15) is 5.56 Å². The van der Waals surface area contributed by atoms with Crippen molar-refractivity contribution in [1.82, 2.24) is 0 Å². The van der Waals surface area contributed by atoms with Gasteiger partial charge >= 0.3 is 0 Å². The van der Waals surface area contributed by atoms with Crippen molar-refractivity contribution in [2.24, 2.45) is 10.7 Å². The summed E-state index contributed by atoms with van der Waals surface area (Å²) >= 11 is 0. The summed E-state index contributed by atoms with van der Waals surface area (Å²) in [6.07, 6.45) is 0. The van der Waals surface area contributed by atoms with E-state index in [-0.39, 0.29) is 24.0 Å². The second kappa shape index (κ2) is 9.24. The number of ether oxygens (including phenoxy) is 1. The molecule has 0 aliphatic rings. The second-order valence-corrected chi connectivity index (χ2v) is 5.12. The van der Waals surface area contributed by atoms with Gasteiger partial charge in [0.05, 0.1) is 13.7 Å². The van der Waals surface area contributed by atoms with E-state index in [2.05, 4.69) is 27.3 Å². The third kappa shape index (κ3) is 5.97. The first-order valence-corrected chi connectivity index (χ1v) is 7.06. The minimum Gasteiger partial charge on any atom is -0.497 e. The Morgan fingerprint density at radius 1 is 1.17 bits per heavy atom. The van der Waals surface area contributed by atoms with Crippen LogP contribution in [0.5, 0.6) is 5.75 Å². The highest BCUT2D eigenvalue weighted by molar-refractivity contribution is 14.0. The number of anilines is 2. The summed E-state index contributed by atoms with van der Waals surface area (Å²) in [5.41, 5.74) is 9.06. The van der Waals surface area contributed by atoms with Gasteiger partial charge in [-0.1, -0.05) is 12.1 Å². The van der Waals surface area contributed by atoms with Crippen molar-refractivity contribution in [3.05, 3.63) is 54.1 Å². The third-order valence-corrected chi connectivity index (χ3v) is 3.22. The minimum absolute atomic E-state index is 0. The number of nitrogens with two attached hydrogens (primary N) is 1. The Labute approximate surface area is 154 Å². The molecule has 0 spiro atoms. The van der Waals surface area contributed by atoms with Crippen LogP contribution < -0.4 is 20.7 Å². The van der Waals surface area contributed by atoms with Crippen LogP contribution in [0.25, 0.3) is 0 Å². The maximum atomic E-state index is 5.92. The molecule has 0 amide bonds. The Hall–Kier alpha value is -1.96. The van der Waals surface area contributed by atoms with Gasteiger partial charge in [0.25, 0.3) is 0 Å². The number of hydrogen-bond acceptors (Lipinski definition) is 3. The quantitative estimate of drug-likeness (QED) is 0.438. The monoisotopic (exact) mass is 426 g/mol. The molecule has 0 bridgehead atoms. The zero-order valence-corrected chi connectivity index (χ0v) is 15.9. The van der Waals surface area contributed by atoms with Gasteiger partial charge in [-0.15, -0.1) is 24.0 Å². The van der Waals surface area contributed by atoms with Crippen molar-refractivity contribution >= 4 is 41.3 Å². The van der Waals surface area contributed by atoms with Crippen LogP contribution in [0.4, 0.5) is 11.4 Å². The topological polar surface area (TPSA) is 62.9 Å². The Balaban J connectivity index is 0.00000264. The summed E-state index contributed by atoms with van der Waals surface area (Å²) in [7, 11) is 5.67. The molecule has 0 saturated heterocycles. The van der Waals surface area contributed by atoms with E-state index < -0.39 is 0 Å². The van der Waals surface area contributed by atoms with E-state index in [4.69, 9.17) is 10.5 Å². The lowest BCUT2D eigenvalue weighted by Crippen LogP contribution is -2.22. The lowest BCUT2D eigenvalue weighted by Gasteiger charge is -2.13. The maximum Gasteiger partial charge on any atom is 0.193 e. The highest BCUT2D eigenvalue weighted by Gasteiger charge is 1.99. The lowest BCUT2D eigenvalue weighted by molar-refractivity contribution is 0.415. The molecule has 124 valence electrons. The Kier molecular flexibility index (Phi) is 7.67. The van der Waals surface area contributed by atoms with Crippen LogP contribution in [0.15, 0.2) is 53.5 Å². The Bertz CT molecular complexity index is 641. The molecule has 0 aromatic heterocycles. The van der Waals surface area contributed by atoms with Crippen LogP contribution in [0, 0.1) is 0 Å². The number of rotatable bonds is 5. The summed E-state index contributed by atoms with van der Waals surface area (Å²) in [6.45, 7) is 0.538. The van der Waals surface area contributed by atoms with Gasteiger partial charge < -0.3 is 20.7 Å². The molecule has 2 rings (SSSR count). The van der Waals surface area contributed by atoms with Gasteiger partial charge in [-0.3, -0.25) is 0 Å². The first kappa shape index (κ1) is 19.1. The zero-order chi connectivity index (χ0) is 15.9. The molecule has 23 heavy (non-hydrogen) atoms. The summed E-state index contributed by atoms with van der Waals surface area (Å²) < 4.78 is 5.12. The van der Waals surface area contributed by atoms with Crippen molar-refractivity contribution in [1.29, 1.82) is 0 Å². The second-order valence-electron chi connectivity index (χ2n) is 5.12. The first-order chi connectivity index (χ1) is 10.6. The number of hydrogen-bond donors (Lipinski definition) is 2. The smallest absolute Gasteiger partial charge is 0.193 e. The molecule has 0 heterocycles. The van der Waals surface area contributed by atoms with Crippen molar-refractivity contribution in [2.75, 3.05) is 31.4 Å². The standard InChI is InChI=1S/C17H22N4O.HI/c1-21(2)15-6-4-5-13(11-15)12-19-17(18)20-14-7-9-16(22-3)10-8-14;/h4-11H,12H2,1-3H3,(H3,18,19,20);1H. The predicted octanol–water partition coefficient (Wildman–Crippen LogP) is 3.31. The van der Waals surface area contributed by atoms with E-state index in [0.717, 1.165) is 22.7 Å². The number of nitrogens with one attached hydrogen (secondary N) is 1. The van der Waals surface area contributed by atoms with Gasteiger partial charge in [-0.25, -0.2) is 4.99 Å². The molecule has 0 aliphatic heterocycles. The molecule has 3 N–H and O–H groups in total. The Morgan fingerprint density at radius 2 is 1.87 bits per heavy atom. The summed E-state index contributed by atoms with van der Waals surface area (Å²) in [6, 6.07) is 15.8. The van der Waals surface area contributed by atoms with E-state index in [0.29, 0.717) is 12.5 Å². The van der Waals surface area contributed by atoms with Gasteiger partial charge in [-0.05, 0) is 42.0 Å². The predicted molar refractivity (Wildman–Crippen MR) is 108 cm³/mol. The van der Waals surface area contributed by atoms with Gasteiger partial charge in [-0.2, -0.15) is 0 Å². The van der Waals surface area contributed by atoms with E-state index in [1.165, 1.54) is 0 Å². The van der Waals surface area contributed by atoms with Crippen LogP contribution >= 0.6 is 24.0 Å². The van der Waals surface area contributed by atoms with Crippen molar-refractivity contribution < 1.29 is 4.74 Å². The van der Waals surface area contributed by atoms with Gasteiger partial charge in [0.2, 0.25) is 0 Å². The molecule has 2 aromatic carbocycles. The number of benzene rings is 2. The first-order valence-electron chi connectivity index (χ1n) is 7.06. The van der Waals surface area contributed by atoms with Crippen molar-refractivity contribution in [3.8, 4) is 5.75 Å². The zero-order valence-electron chi connectivity index (χ0n) is 13.6. The third-order valence-electron chi connectivity index (χ3n) is 3.22.